The van der Waals surface area contributed by atoms with Gasteiger partial charge in [-0.1, -0.05) is 20.3 Å². The molecule has 1 rings (SSSR count). The van der Waals surface area contributed by atoms with E-state index in [0.717, 1.165) is 19.3 Å². The predicted octanol–water partition coefficient (Wildman–Crippen LogP) is 3.14. The van der Waals surface area contributed by atoms with Gasteiger partial charge < -0.3 is 14.6 Å². The molecular formula is C15H22O4. The van der Waals surface area contributed by atoms with Gasteiger partial charge in [-0.15, -0.1) is 0 Å². The van der Waals surface area contributed by atoms with E-state index in [-0.39, 0.29) is 18.5 Å². The summed E-state index contributed by atoms with van der Waals surface area (Å²) in [4.78, 5) is 11.7. The lowest BCUT2D eigenvalue weighted by Gasteiger charge is -2.16. The highest BCUT2D eigenvalue weighted by molar-refractivity contribution is 5.89. The number of hydrogen-bond acceptors (Lipinski definition) is 4. The average Bonchev–Trinajstić information content (AvgIpc) is 2.43. The number of esters is 1. The number of carbonyl (C=O) groups is 1. The summed E-state index contributed by atoms with van der Waals surface area (Å²) in [6.45, 7) is 5.08. The minimum Gasteiger partial charge on any atom is -0.508 e. The third-order valence-electron chi connectivity index (χ3n) is 2.81. The maximum Gasteiger partial charge on any atom is 0.338 e. The first kappa shape index (κ1) is 15.5. The van der Waals surface area contributed by atoms with Crippen molar-refractivity contribution in [2.24, 2.45) is 0 Å². The fourth-order valence-corrected chi connectivity index (χ4v) is 1.53. The zero-order valence-electron chi connectivity index (χ0n) is 11.6. The maximum absolute atomic E-state index is 11.7. The molecule has 0 bridgehead atoms. The molecule has 0 saturated heterocycles. The lowest BCUT2D eigenvalue weighted by Crippen LogP contribution is -2.22. The van der Waals surface area contributed by atoms with Gasteiger partial charge in [0.25, 0.3) is 0 Å². The van der Waals surface area contributed by atoms with Crippen molar-refractivity contribution in [3.63, 3.8) is 0 Å². The Balaban J connectivity index is 2.37. The number of carbonyl (C=O) groups excluding carboxylic acids is 1. The molecule has 0 aliphatic rings. The minimum atomic E-state index is -0.391. The lowest BCUT2D eigenvalue weighted by atomic mass is 10.2. The number of aromatic hydroxyl groups is 1. The third kappa shape index (κ3) is 5.75. The molecule has 0 radical (unpaired) electrons. The normalized spacial score (nSPS) is 12.1. The Hall–Kier alpha value is -1.55. The van der Waals surface area contributed by atoms with Crippen LogP contribution in [0.15, 0.2) is 24.3 Å². The number of unbranched alkanes of at least 4 members (excludes halogenated alkanes) is 1. The Kier molecular flexibility index (Phi) is 6.97. The van der Waals surface area contributed by atoms with Crippen LogP contribution in [-0.2, 0) is 9.47 Å². The molecule has 1 N–H and O–H groups in total. The summed E-state index contributed by atoms with van der Waals surface area (Å²) in [5.41, 5.74) is 0.432. The zero-order chi connectivity index (χ0) is 14.1. The maximum atomic E-state index is 11.7. The molecule has 0 aliphatic heterocycles. The van der Waals surface area contributed by atoms with E-state index in [1.165, 1.54) is 24.3 Å². The highest BCUT2D eigenvalue weighted by Crippen LogP contribution is 2.11. The number of ether oxygens (including phenoxy) is 2. The van der Waals surface area contributed by atoms with E-state index >= 15 is 0 Å². The molecule has 106 valence electrons. The standard InChI is InChI=1S/C15H22O4/c1-3-5-10-18-14(4-2)11-19-15(17)12-6-8-13(16)9-7-12/h6-9,14,16H,3-5,10-11H2,1-2H3/t14-/m0/s1. The van der Waals surface area contributed by atoms with Crippen LogP contribution in [0.25, 0.3) is 0 Å². The third-order valence-corrected chi connectivity index (χ3v) is 2.81. The molecule has 0 unspecified atom stereocenters. The van der Waals surface area contributed by atoms with Gasteiger partial charge in [0.05, 0.1) is 11.7 Å². The van der Waals surface area contributed by atoms with Crippen LogP contribution in [0.2, 0.25) is 0 Å². The van der Waals surface area contributed by atoms with Crippen LogP contribution in [0, 0.1) is 0 Å². The van der Waals surface area contributed by atoms with Crippen LogP contribution in [0.1, 0.15) is 43.5 Å². The van der Waals surface area contributed by atoms with Gasteiger partial charge in [0.15, 0.2) is 0 Å². The molecule has 0 saturated carbocycles. The summed E-state index contributed by atoms with van der Waals surface area (Å²) in [7, 11) is 0. The van der Waals surface area contributed by atoms with Crippen LogP contribution in [-0.4, -0.2) is 30.4 Å². The summed E-state index contributed by atoms with van der Waals surface area (Å²) in [5, 5.41) is 9.14. The molecule has 0 amide bonds. The number of hydrogen-bond donors (Lipinski definition) is 1. The van der Waals surface area contributed by atoms with Crippen molar-refractivity contribution in [1.82, 2.24) is 0 Å². The van der Waals surface area contributed by atoms with E-state index < -0.39 is 5.97 Å². The summed E-state index contributed by atoms with van der Waals surface area (Å²) in [5.74, 6) is -0.261. The zero-order valence-corrected chi connectivity index (χ0v) is 11.6. The van der Waals surface area contributed by atoms with Gasteiger partial charge in [-0.3, -0.25) is 0 Å². The molecule has 1 atom stereocenters. The lowest BCUT2D eigenvalue weighted by molar-refractivity contribution is -0.0103. The largest absolute Gasteiger partial charge is 0.508 e. The first-order chi connectivity index (χ1) is 9.17. The fraction of sp³-hybridized carbons (Fsp3) is 0.533. The first-order valence-electron chi connectivity index (χ1n) is 6.75. The van der Waals surface area contributed by atoms with Gasteiger partial charge in [0.2, 0.25) is 0 Å². The van der Waals surface area contributed by atoms with Crippen molar-refractivity contribution in [3.8, 4) is 5.75 Å². The van der Waals surface area contributed by atoms with Gasteiger partial charge >= 0.3 is 5.97 Å². The number of rotatable bonds is 8. The molecule has 19 heavy (non-hydrogen) atoms. The van der Waals surface area contributed by atoms with Crippen molar-refractivity contribution in [1.29, 1.82) is 0 Å². The SMILES string of the molecule is CCCCO[C@@H](CC)COC(=O)c1ccc(O)cc1. The molecule has 1 aromatic carbocycles. The van der Waals surface area contributed by atoms with Crippen LogP contribution in [0.3, 0.4) is 0 Å². The Morgan fingerprint density at radius 3 is 2.53 bits per heavy atom. The summed E-state index contributed by atoms with van der Waals surface area (Å²) < 4.78 is 10.8. The van der Waals surface area contributed by atoms with E-state index in [2.05, 4.69) is 6.92 Å². The van der Waals surface area contributed by atoms with Crippen molar-refractivity contribution in [2.75, 3.05) is 13.2 Å². The molecule has 4 nitrogen and oxygen atoms in total. The summed E-state index contributed by atoms with van der Waals surface area (Å²) in [6.07, 6.45) is 2.87. The smallest absolute Gasteiger partial charge is 0.338 e. The highest BCUT2D eigenvalue weighted by Gasteiger charge is 2.12. The second kappa shape index (κ2) is 8.53. The Bertz CT molecular complexity index is 372. The van der Waals surface area contributed by atoms with Gasteiger partial charge in [-0.25, -0.2) is 4.79 Å². The second-order valence-corrected chi connectivity index (χ2v) is 4.40. The molecular weight excluding hydrogens is 244 g/mol. The first-order valence-corrected chi connectivity index (χ1v) is 6.75. The highest BCUT2D eigenvalue weighted by atomic mass is 16.6. The topological polar surface area (TPSA) is 55.8 Å². The van der Waals surface area contributed by atoms with Crippen molar-refractivity contribution >= 4 is 5.97 Å². The summed E-state index contributed by atoms with van der Waals surface area (Å²) in [6, 6.07) is 6.00. The molecule has 0 heterocycles. The Morgan fingerprint density at radius 2 is 1.95 bits per heavy atom. The summed E-state index contributed by atoms with van der Waals surface area (Å²) >= 11 is 0. The minimum absolute atomic E-state index is 0.0485. The van der Waals surface area contributed by atoms with Gasteiger partial charge in [-0.05, 0) is 37.1 Å². The monoisotopic (exact) mass is 266 g/mol. The van der Waals surface area contributed by atoms with Gasteiger partial charge in [0.1, 0.15) is 12.4 Å². The average molecular weight is 266 g/mol. The van der Waals surface area contributed by atoms with E-state index in [0.29, 0.717) is 12.2 Å². The Labute approximate surface area is 114 Å². The van der Waals surface area contributed by atoms with Crippen LogP contribution in [0.4, 0.5) is 0 Å². The van der Waals surface area contributed by atoms with Crippen LogP contribution >= 0.6 is 0 Å². The van der Waals surface area contributed by atoms with Gasteiger partial charge in [0, 0.05) is 6.61 Å². The van der Waals surface area contributed by atoms with Crippen LogP contribution in [0.5, 0.6) is 5.75 Å². The van der Waals surface area contributed by atoms with Crippen molar-refractivity contribution < 1.29 is 19.4 Å². The molecule has 1 aromatic rings. The number of benzene rings is 1. The van der Waals surface area contributed by atoms with E-state index in [1.54, 1.807) is 0 Å². The fourth-order valence-electron chi connectivity index (χ4n) is 1.53. The van der Waals surface area contributed by atoms with Crippen molar-refractivity contribution in [3.05, 3.63) is 29.8 Å². The van der Waals surface area contributed by atoms with Crippen molar-refractivity contribution in [2.45, 2.75) is 39.2 Å². The quantitative estimate of drug-likeness (QED) is 0.580. The van der Waals surface area contributed by atoms with E-state index in [4.69, 9.17) is 14.6 Å². The van der Waals surface area contributed by atoms with E-state index in [1.807, 2.05) is 6.92 Å². The molecule has 0 fully saturated rings. The van der Waals surface area contributed by atoms with Gasteiger partial charge in [-0.2, -0.15) is 0 Å². The Morgan fingerprint density at radius 1 is 1.26 bits per heavy atom. The molecule has 0 spiro atoms. The molecule has 0 aromatic heterocycles. The van der Waals surface area contributed by atoms with Crippen LogP contribution < -0.4 is 0 Å². The molecule has 0 aliphatic carbocycles. The van der Waals surface area contributed by atoms with E-state index in [9.17, 15) is 4.79 Å². The number of phenols is 1. The predicted molar refractivity (Wildman–Crippen MR) is 73.3 cm³/mol. The molecule has 4 heteroatoms. The number of phenolic OH excluding ortho intramolecular Hbond substituents is 1. The second-order valence-electron chi connectivity index (χ2n) is 4.40.